The predicted molar refractivity (Wildman–Crippen MR) is 93.6 cm³/mol. The highest BCUT2D eigenvalue weighted by molar-refractivity contribution is 6.30. The van der Waals surface area contributed by atoms with E-state index in [2.05, 4.69) is 4.84 Å². The minimum atomic E-state index is -5.39. The van der Waals surface area contributed by atoms with Gasteiger partial charge in [-0.25, -0.2) is 9.18 Å². The maximum absolute atomic E-state index is 13.5. The third-order valence-corrected chi connectivity index (χ3v) is 5.69. The first-order chi connectivity index (χ1) is 13.9. The summed E-state index contributed by atoms with van der Waals surface area (Å²) in [7, 11) is 0. The van der Waals surface area contributed by atoms with Gasteiger partial charge >= 0.3 is 12.1 Å². The summed E-state index contributed by atoms with van der Waals surface area (Å²) in [4.78, 5) is 41.1. The number of halogens is 5. The van der Waals surface area contributed by atoms with E-state index in [0.717, 1.165) is 12.1 Å². The first-order valence-electron chi connectivity index (χ1n) is 8.89. The zero-order valence-corrected chi connectivity index (χ0v) is 16.2. The van der Waals surface area contributed by atoms with Crippen LogP contribution in [0, 0.1) is 5.82 Å². The highest BCUT2D eigenvalue weighted by Crippen LogP contribution is 2.47. The summed E-state index contributed by atoms with van der Waals surface area (Å²) in [6.07, 6.45) is -5.16. The largest absolute Gasteiger partial charge is 0.493 e. The Bertz CT molecular complexity index is 884. The average Bonchev–Trinajstić information content (AvgIpc) is 2.66. The van der Waals surface area contributed by atoms with Gasteiger partial charge in [-0.1, -0.05) is 11.6 Å². The van der Waals surface area contributed by atoms with Crippen molar-refractivity contribution in [1.82, 2.24) is 5.06 Å². The topological polar surface area (TPSA) is 98.9 Å². The second kappa shape index (κ2) is 7.69. The number of ketones is 1. The first-order valence-corrected chi connectivity index (χ1v) is 9.26. The Kier molecular flexibility index (Phi) is 5.72. The van der Waals surface area contributed by atoms with Gasteiger partial charge in [0.1, 0.15) is 17.1 Å². The number of alkyl halides is 3. The van der Waals surface area contributed by atoms with Crippen LogP contribution in [0.2, 0.25) is 5.02 Å². The Hall–Kier alpha value is -2.40. The summed E-state index contributed by atoms with van der Waals surface area (Å²) in [5, 5.41) is -0.0375. The number of carbonyl (C=O) groups excluding carboxylic acids is 3. The number of nitrogens with two attached hydrogens (primary N) is 1. The van der Waals surface area contributed by atoms with E-state index in [9.17, 15) is 31.9 Å². The number of hydrogen-bond donors (Lipinski definition) is 1. The monoisotopic (exact) mass is 452 g/mol. The molecular formula is C18H17ClF4N2O5. The van der Waals surface area contributed by atoms with Gasteiger partial charge in [0.05, 0.1) is 5.02 Å². The molecule has 2 bridgehead atoms. The van der Waals surface area contributed by atoms with E-state index in [4.69, 9.17) is 22.1 Å². The number of fused-ring (bicyclic) bond motifs is 3. The molecule has 12 heteroatoms. The van der Waals surface area contributed by atoms with Gasteiger partial charge in [-0.3, -0.25) is 9.59 Å². The fraction of sp³-hybridized carbons (Fsp3) is 0.500. The lowest BCUT2D eigenvalue weighted by molar-refractivity contribution is -0.259. The zero-order valence-electron chi connectivity index (χ0n) is 15.4. The molecule has 0 spiro atoms. The van der Waals surface area contributed by atoms with Crippen LogP contribution < -0.4 is 10.5 Å². The SMILES string of the molecule is NC12CCC(N(OC(=O)C(F)(F)F)C(=O)COc3ccc(Cl)c(F)c3)(CC1)C(=O)C2. The molecule has 3 aliphatic carbocycles. The van der Waals surface area contributed by atoms with E-state index in [-0.39, 0.29) is 47.9 Å². The maximum Gasteiger partial charge on any atom is 0.493 e. The quantitative estimate of drug-likeness (QED) is 0.557. The highest BCUT2D eigenvalue weighted by Gasteiger charge is 2.59. The van der Waals surface area contributed by atoms with Crippen molar-refractivity contribution in [2.75, 3.05) is 6.61 Å². The zero-order chi connectivity index (χ0) is 22.3. The van der Waals surface area contributed by atoms with Crippen LogP contribution in [0.25, 0.3) is 0 Å². The highest BCUT2D eigenvalue weighted by atomic mass is 35.5. The third-order valence-electron chi connectivity index (χ3n) is 5.38. The molecule has 1 aromatic rings. The smallest absolute Gasteiger partial charge is 0.484 e. The number of Topliss-reactive ketones (excluding diaryl/α,β-unsaturated/α-hetero) is 1. The van der Waals surface area contributed by atoms with Gasteiger partial charge in [0, 0.05) is 18.0 Å². The van der Waals surface area contributed by atoms with Crippen LogP contribution in [-0.2, 0) is 19.2 Å². The van der Waals surface area contributed by atoms with Gasteiger partial charge < -0.3 is 15.3 Å². The summed E-state index contributed by atoms with van der Waals surface area (Å²) < 4.78 is 56.9. The Morgan fingerprint density at radius 2 is 1.83 bits per heavy atom. The van der Waals surface area contributed by atoms with Gasteiger partial charge in [0.25, 0.3) is 5.91 Å². The van der Waals surface area contributed by atoms with Crippen LogP contribution in [0.3, 0.4) is 0 Å². The molecule has 0 radical (unpaired) electrons. The molecular weight excluding hydrogens is 436 g/mol. The van der Waals surface area contributed by atoms with E-state index in [1.165, 1.54) is 6.07 Å². The number of carbonyl (C=O) groups is 3. The second-order valence-electron chi connectivity index (χ2n) is 7.42. The van der Waals surface area contributed by atoms with Gasteiger partial charge in [-0.15, -0.1) is 0 Å². The lowest BCUT2D eigenvalue weighted by Gasteiger charge is -2.52. The molecule has 0 atom stereocenters. The van der Waals surface area contributed by atoms with Gasteiger partial charge in [0.2, 0.25) is 0 Å². The minimum Gasteiger partial charge on any atom is -0.484 e. The van der Waals surface area contributed by atoms with Crippen LogP contribution in [-0.4, -0.2) is 46.6 Å². The third kappa shape index (κ3) is 4.22. The van der Waals surface area contributed by atoms with Crippen molar-refractivity contribution < 1.29 is 41.5 Å². The van der Waals surface area contributed by atoms with Gasteiger partial charge in [-0.2, -0.15) is 18.2 Å². The molecule has 0 aliphatic heterocycles. The standard InChI is InChI=1S/C18H17ClF4N2O5/c19-11-2-1-10(7-12(11)20)29-9-14(27)25(30-15(28)18(21,22)23)17-5-3-16(24,4-6-17)8-13(17)26/h1-2,7H,3-6,8-9,24H2. The van der Waals surface area contributed by atoms with Gasteiger partial charge in [0.15, 0.2) is 12.4 Å². The van der Waals surface area contributed by atoms with Crippen LogP contribution in [0.4, 0.5) is 17.6 Å². The molecule has 30 heavy (non-hydrogen) atoms. The molecule has 3 saturated carbocycles. The van der Waals surface area contributed by atoms with Crippen LogP contribution in [0.5, 0.6) is 5.75 Å². The average molecular weight is 453 g/mol. The number of nitrogens with zero attached hydrogens (tertiary/aromatic N) is 1. The van der Waals surface area contributed by atoms with Gasteiger partial charge in [-0.05, 0) is 37.8 Å². The number of ether oxygens (including phenoxy) is 1. The Labute approximate surface area is 173 Å². The molecule has 3 fully saturated rings. The number of benzene rings is 1. The van der Waals surface area contributed by atoms with Crippen molar-refractivity contribution in [1.29, 1.82) is 0 Å². The van der Waals surface area contributed by atoms with Crippen molar-refractivity contribution in [2.45, 2.75) is 49.4 Å². The fourth-order valence-corrected chi connectivity index (χ4v) is 3.82. The van der Waals surface area contributed by atoms with E-state index >= 15 is 0 Å². The van der Waals surface area contributed by atoms with E-state index in [1.807, 2.05) is 0 Å². The Balaban J connectivity index is 1.83. The molecule has 0 aromatic heterocycles. The molecule has 3 aliphatic rings. The van der Waals surface area contributed by atoms with Crippen molar-refractivity contribution in [3.63, 3.8) is 0 Å². The Morgan fingerprint density at radius 3 is 2.37 bits per heavy atom. The number of amides is 1. The summed E-state index contributed by atoms with van der Waals surface area (Å²) in [6, 6.07) is 3.26. The molecule has 1 aromatic carbocycles. The molecule has 2 N–H and O–H groups in total. The summed E-state index contributed by atoms with van der Waals surface area (Å²) in [6.45, 7) is -0.908. The number of rotatable bonds is 4. The second-order valence-corrected chi connectivity index (χ2v) is 7.83. The minimum absolute atomic E-state index is 0.0607. The molecule has 7 nitrogen and oxygen atoms in total. The van der Waals surface area contributed by atoms with Crippen LogP contribution in [0.1, 0.15) is 32.1 Å². The fourth-order valence-electron chi connectivity index (χ4n) is 3.70. The van der Waals surface area contributed by atoms with Crippen molar-refractivity contribution in [2.24, 2.45) is 5.73 Å². The number of hydrogen-bond acceptors (Lipinski definition) is 6. The molecule has 1 amide bonds. The van der Waals surface area contributed by atoms with Crippen molar-refractivity contribution in [3.8, 4) is 5.75 Å². The van der Waals surface area contributed by atoms with Crippen LogP contribution in [0.15, 0.2) is 18.2 Å². The summed E-state index contributed by atoms with van der Waals surface area (Å²) >= 11 is 5.55. The van der Waals surface area contributed by atoms with Crippen molar-refractivity contribution >= 4 is 29.3 Å². The molecule has 0 heterocycles. The maximum atomic E-state index is 13.5. The molecule has 4 rings (SSSR count). The molecule has 0 saturated heterocycles. The first kappa shape index (κ1) is 22.3. The number of hydroxylamine groups is 2. The predicted octanol–water partition coefficient (Wildman–Crippen LogP) is 2.69. The lowest BCUT2D eigenvalue weighted by atomic mass is 9.61. The van der Waals surface area contributed by atoms with E-state index < -0.39 is 47.3 Å². The van der Waals surface area contributed by atoms with E-state index in [0.29, 0.717) is 0 Å². The van der Waals surface area contributed by atoms with Crippen molar-refractivity contribution in [3.05, 3.63) is 29.0 Å². The van der Waals surface area contributed by atoms with Crippen LogP contribution >= 0.6 is 11.6 Å². The Morgan fingerprint density at radius 1 is 1.20 bits per heavy atom. The van der Waals surface area contributed by atoms with E-state index in [1.54, 1.807) is 0 Å². The normalized spacial score (nSPS) is 25.7. The summed E-state index contributed by atoms with van der Waals surface area (Å²) in [5.41, 5.74) is 3.52. The lowest BCUT2D eigenvalue weighted by Crippen LogP contribution is -2.68. The molecule has 0 unspecified atom stereocenters. The molecule has 164 valence electrons. The summed E-state index contributed by atoms with van der Waals surface area (Å²) in [5.74, 6) is -5.42.